The fourth-order valence-corrected chi connectivity index (χ4v) is 1.57. The zero-order chi connectivity index (χ0) is 10.6. The number of Topliss-reactive ketones (excluding diaryl/α,β-unsaturated/α-hetero) is 1. The summed E-state index contributed by atoms with van der Waals surface area (Å²) >= 11 is 0. The molecule has 1 aliphatic rings. The van der Waals surface area contributed by atoms with Crippen molar-refractivity contribution in [3.8, 4) is 0 Å². The van der Waals surface area contributed by atoms with Crippen LogP contribution in [0.4, 0.5) is 0 Å². The monoisotopic (exact) mass is 199 g/mol. The lowest BCUT2D eigenvalue weighted by Crippen LogP contribution is -2.44. The minimum absolute atomic E-state index is 0.193. The number of hydrogen-bond donors (Lipinski definition) is 0. The van der Waals surface area contributed by atoms with Crippen molar-refractivity contribution in [2.45, 2.75) is 32.7 Å². The van der Waals surface area contributed by atoms with Gasteiger partial charge in [-0.2, -0.15) is 0 Å². The first-order valence-corrected chi connectivity index (χ1v) is 5.07. The molecule has 0 radical (unpaired) electrons. The van der Waals surface area contributed by atoms with Gasteiger partial charge in [0.1, 0.15) is 11.8 Å². The molecule has 1 atom stereocenters. The lowest BCUT2D eigenvalue weighted by Gasteiger charge is -2.30. The molecular formula is C10H17NO3. The lowest BCUT2D eigenvalue weighted by atomic mass is 10.1. The Bertz CT molecular complexity index is 217. The fraction of sp³-hybridized carbons (Fsp3) is 0.800. The van der Waals surface area contributed by atoms with Gasteiger partial charge in [-0.05, 0) is 13.8 Å². The maximum Gasteiger partial charge on any atom is 0.323 e. The highest BCUT2D eigenvalue weighted by atomic mass is 16.5. The molecule has 0 saturated carbocycles. The van der Waals surface area contributed by atoms with Crippen LogP contribution < -0.4 is 0 Å². The molecule has 1 saturated heterocycles. The minimum atomic E-state index is -0.219. The summed E-state index contributed by atoms with van der Waals surface area (Å²) in [6.07, 6.45) is 1.12. The van der Waals surface area contributed by atoms with Gasteiger partial charge in [-0.3, -0.25) is 14.5 Å². The van der Waals surface area contributed by atoms with Crippen LogP contribution in [-0.4, -0.2) is 42.4 Å². The van der Waals surface area contributed by atoms with E-state index in [0.29, 0.717) is 32.5 Å². The Morgan fingerprint density at radius 1 is 1.50 bits per heavy atom. The number of hydrogen-bond acceptors (Lipinski definition) is 4. The van der Waals surface area contributed by atoms with E-state index in [4.69, 9.17) is 4.74 Å². The molecule has 1 unspecified atom stereocenters. The first-order chi connectivity index (χ1) is 6.65. The summed E-state index contributed by atoms with van der Waals surface area (Å²) in [6, 6.07) is -0.219. The molecule has 1 fully saturated rings. The summed E-state index contributed by atoms with van der Waals surface area (Å²) in [6.45, 7) is 5.39. The van der Waals surface area contributed by atoms with Gasteiger partial charge in [-0.1, -0.05) is 0 Å². The van der Waals surface area contributed by atoms with Gasteiger partial charge in [-0.25, -0.2) is 0 Å². The Labute approximate surface area is 84.2 Å². The summed E-state index contributed by atoms with van der Waals surface area (Å²) in [5.74, 6) is 0.0964. The second kappa shape index (κ2) is 5.10. The third-order valence-corrected chi connectivity index (χ3v) is 2.53. The first kappa shape index (κ1) is 11.2. The number of ketones is 1. The molecule has 4 heteroatoms. The van der Waals surface area contributed by atoms with Gasteiger partial charge in [0.25, 0.3) is 0 Å². The highest BCUT2D eigenvalue weighted by molar-refractivity contribution is 5.80. The van der Waals surface area contributed by atoms with Crippen LogP contribution in [0.25, 0.3) is 0 Å². The van der Waals surface area contributed by atoms with E-state index in [1.165, 1.54) is 0 Å². The molecule has 80 valence electrons. The number of carbonyl (C=O) groups excluding carboxylic acids is 2. The SMILES string of the molecule is CCOC(=O)C(C)N1CCC(=O)CC1. The Hall–Kier alpha value is -0.900. The average Bonchev–Trinajstić information content (AvgIpc) is 2.18. The molecule has 14 heavy (non-hydrogen) atoms. The second-order valence-corrected chi connectivity index (χ2v) is 3.50. The van der Waals surface area contributed by atoms with Gasteiger partial charge in [0, 0.05) is 25.9 Å². The molecule has 0 aromatic rings. The molecule has 0 aromatic heterocycles. The van der Waals surface area contributed by atoms with Gasteiger partial charge >= 0.3 is 5.97 Å². The third-order valence-electron chi connectivity index (χ3n) is 2.53. The van der Waals surface area contributed by atoms with Crippen molar-refractivity contribution >= 4 is 11.8 Å². The van der Waals surface area contributed by atoms with E-state index in [-0.39, 0.29) is 17.8 Å². The van der Waals surface area contributed by atoms with Gasteiger partial charge in [0.2, 0.25) is 0 Å². The van der Waals surface area contributed by atoms with Gasteiger partial charge in [-0.15, -0.1) is 0 Å². The number of piperidine rings is 1. The summed E-state index contributed by atoms with van der Waals surface area (Å²) in [5.41, 5.74) is 0. The quantitative estimate of drug-likeness (QED) is 0.624. The Morgan fingerprint density at radius 3 is 2.57 bits per heavy atom. The molecule has 1 heterocycles. The largest absolute Gasteiger partial charge is 0.465 e. The van der Waals surface area contributed by atoms with Gasteiger partial charge in [0.05, 0.1) is 6.61 Å². The molecule has 0 bridgehead atoms. The number of esters is 1. The number of nitrogens with zero attached hydrogens (tertiary/aromatic N) is 1. The Balaban J connectivity index is 2.40. The van der Waals surface area contributed by atoms with Crippen LogP contribution >= 0.6 is 0 Å². The van der Waals surface area contributed by atoms with Crippen LogP contribution in [-0.2, 0) is 14.3 Å². The van der Waals surface area contributed by atoms with E-state index in [1.807, 2.05) is 11.8 Å². The molecule has 0 amide bonds. The number of carbonyl (C=O) groups is 2. The third kappa shape index (κ3) is 2.80. The van der Waals surface area contributed by atoms with E-state index >= 15 is 0 Å². The number of likely N-dealkylation sites (tertiary alicyclic amines) is 1. The van der Waals surface area contributed by atoms with Crippen LogP contribution in [0.5, 0.6) is 0 Å². The predicted molar refractivity (Wildman–Crippen MR) is 51.9 cm³/mol. The number of ether oxygens (including phenoxy) is 1. The second-order valence-electron chi connectivity index (χ2n) is 3.50. The Morgan fingerprint density at radius 2 is 2.07 bits per heavy atom. The number of rotatable bonds is 3. The molecule has 4 nitrogen and oxygen atoms in total. The molecule has 0 spiro atoms. The van der Waals surface area contributed by atoms with E-state index in [2.05, 4.69) is 0 Å². The topological polar surface area (TPSA) is 46.6 Å². The van der Waals surface area contributed by atoms with E-state index in [0.717, 1.165) is 0 Å². The van der Waals surface area contributed by atoms with Crippen molar-refractivity contribution in [2.75, 3.05) is 19.7 Å². The van der Waals surface area contributed by atoms with Crippen molar-refractivity contribution in [3.63, 3.8) is 0 Å². The molecule has 0 aliphatic carbocycles. The van der Waals surface area contributed by atoms with Crippen LogP contribution in [0.15, 0.2) is 0 Å². The van der Waals surface area contributed by atoms with E-state index in [1.54, 1.807) is 6.92 Å². The zero-order valence-electron chi connectivity index (χ0n) is 8.78. The average molecular weight is 199 g/mol. The van der Waals surface area contributed by atoms with Crippen molar-refractivity contribution in [3.05, 3.63) is 0 Å². The van der Waals surface area contributed by atoms with Crippen molar-refractivity contribution in [1.29, 1.82) is 0 Å². The fourth-order valence-electron chi connectivity index (χ4n) is 1.57. The minimum Gasteiger partial charge on any atom is -0.465 e. The summed E-state index contributed by atoms with van der Waals surface area (Å²) < 4.78 is 4.92. The highest BCUT2D eigenvalue weighted by Gasteiger charge is 2.25. The van der Waals surface area contributed by atoms with E-state index in [9.17, 15) is 9.59 Å². The maximum absolute atomic E-state index is 11.4. The van der Waals surface area contributed by atoms with Crippen LogP contribution in [0.3, 0.4) is 0 Å². The first-order valence-electron chi connectivity index (χ1n) is 5.07. The van der Waals surface area contributed by atoms with Gasteiger partial charge < -0.3 is 4.74 Å². The molecule has 1 aliphatic heterocycles. The predicted octanol–water partition coefficient (Wildman–Crippen LogP) is 0.603. The summed E-state index contributed by atoms with van der Waals surface area (Å²) in [7, 11) is 0. The molecular weight excluding hydrogens is 182 g/mol. The van der Waals surface area contributed by atoms with Gasteiger partial charge in [0.15, 0.2) is 0 Å². The normalized spacial score (nSPS) is 20.6. The smallest absolute Gasteiger partial charge is 0.323 e. The van der Waals surface area contributed by atoms with Crippen molar-refractivity contribution in [1.82, 2.24) is 4.90 Å². The van der Waals surface area contributed by atoms with Crippen LogP contribution in [0, 0.1) is 0 Å². The van der Waals surface area contributed by atoms with Crippen molar-refractivity contribution in [2.24, 2.45) is 0 Å². The van der Waals surface area contributed by atoms with Crippen molar-refractivity contribution < 1.29 is 14.3 Å². The molecule has 0 N–H and O–H groups in total. The highest BCUT2D eigenvalue weighted by Crippen LogP contribution is 2.10. The summed E-state index contributed by atoms with van der Waals surface area (Å²) in [5, 5.41) is 0. The zero-order valence-corrected chi connectivity index (χ0v) is 8.78. The van der Waals surface area contributed by atoms with Crippen LogP contribution in [0.2, 0.25) is 0 Å². The molecule has 1 rings (SSSR count). The maximum atomic E-state index is 11.4. The lowest BCUT2D eigenvalue weighted by molar-refractivity contribution is -0.150. The summed E-state index contributed by atoms with van der Waals surface area (Å²) in [4.78, 5) is 24.4. The standard InChI is InChI=1S/C10H17NO3/c1-3-14-10(13)8(2)11-6-4-9(12)5-7-11/h8H,3-7H2,1-2H3. The van der Waals surface area contributed by atoms with Crippen LogP contribution in [0.1, 0.15) is 26.7 Å². The molecule has 0 aromatic carbocycles. The Kier molecular flexibility index (Phi) is 4.07. The van der Waals surface area contributed by atoms with E-state index < -0.39 is 0 Å².